The molecule has 5 heteroatoms. The Kier molecular flexibility index (Phi) is 3.21. The van der Waals surface area contributed by atoms with Crippen LogP contribution in [0.3, 0.4) is 0 Å². The molecule has 2 aromatic rings. The first-order valence-corrected chi connectivity index (χ1v) is 6.66. The summed E-state index contributed by atoms with van der Waals surface area (Å²) in [7, 11) is 1.66. The Morgan fingerprint density at radius 1 is 1.42 bits per heavy atom. The second-order valence-electron chi connectivity index (χ2n) is 4.82. The lowest BCUT2D eigenvalue weighted by atomic mass is 9.99. The van der Waals surface area contributed by atoms with Crippen LogP contribution < -0.4 is 10.1 Å². The number of nitrogens with zero attached hydrogens (tertiary/aromatic N) is 2. The van der Waals surface area contributed by atoms with Crippen LogP contribution in [-0.2, 0) is 0 Å². The normalized spacial score (nSPS) is 15.3. The molecule has 0 saturated carbocycles. The van der Waals surface area contributed by atoms with Crippen molar-refractivity contribution in [1.82, 2.24) is 14.9 Å². The number of aryl methyl sites for hydroxylation is 1. The molecule has 0 unspecified atom stereocenters. The standard InChI is InChI=1S/C14H16ClN3O/c1-9-3-12(14(19-2)4-11(9)15)18-8-17-7-13(18)10-5-16-6-10/h3-4,7-8,10,16H,5-6H2,1-2H3. The Hall–Kier alpha value is -1.52. The zero-order valence-electron chi connectivity index (χ0n) is 11.0. The van der Waals surface area contributed by atoms with Gasteiger partial charge in [-0.2, -0.15) is 0 Å². The average Bonchev–Trinajstić information content (AvgIpc) is 2.78. The molecule has 1 N–H and O–H groups in total. The molecule has 0 radical (unpaired) electrons. The van der Waals surface area contributed by atoms with Crippen LogP contribution in [0.5, 0.6) is 5.75 Å². The fourth-order valence-electron chi connectivity index (χ4n) is 2.31. The maximum Gasteiger partial charge on any atom is 0.144 e. The molecular formula is C14H16ClN3O. The van der Waals surface area contributed by atoms with Gasteiger partial charge in [-0.15, -0.1) is 0 Å². The minimum Gasteiger partial charge on any atom is -0.495 e. The summed E-state index contributed by atoms with van der Waals surface area (Å²) in [5, 5.41) is 4.00. The molecule has 0 bridgehead atoms. The Bertz CT molecular complexity index is 605. The van der Waals surface area contributed by atoms with Crippen LogP contribution in [0, 0.1) is 6.92 Å². The van der Waals surface area contributed by atoms with Crippen molar-refractivity contribution in [3.63, 3.8) is 0 Å². The topological polar surface area (TPSA) is 39.1 Å². The Morgan fingerprint density at radius 3 is 2.84 bits per heavy atom. The van der Waals surface area contributed by atoms with Crippen LogP contribution >= 0.6 is 11.6 Å². The Morgan fingerprint density at radius 2 is 2.21 bits per heavy atom. The van der Waals surface area contributed by atoms with Crippen molar-refractivity contribution < 1.29 is 4.74 Å². The minimum absolute atomic E-state index is 0.517. The van der Waals surface area contributed by atoms with Gasteiger partial charge >= 0.3 is 0 Å². The number of methoxy groups -OCH3 is 1. The number of benzene rings is 1. The first-order valence-electron chi connectivity index (χ1n) is 6.28. The summed E-state index contributed by atoms with van der Waals surface area (Å²) in [4.78, 5) is 4.28. The van der Waals surface area contributed by atoms with Gasteiger partial charge in [0.2, 0.25) is 0 Å². The highest BCUT2D eigenvalue weighted by atomic mass is 35.5. The lowest BCUT2D eigenvalue weighted by molar-refractivity contribution is 0.408. The van der Waals surface area contributed by atoms with Crippen LogP contribution in [0.25, 0.3) is 5.69 Å². The minimum atomic E-state index is 0.517. The molecule has 1 aliphatic heterocycles. The molecule has 2 heterocycles. The summed E-state index contributed by atoms with van der Waals surface area (Å²) < 4.78 is 7.53. The molecular weight excluding hydrogens is 262 g/mol. The van der Waals surface area contributed by atoms with E-state index in [-0.39, 0.29) is 0 Å². The number of aromatic nitrogens is 2. The molecule has 3 rings (SSSR count). The highest BCUT2D eigenvalue weighted by Gasteiger charge is 2.24. The smallest absolute Gasteiger partial charge is 0.144 e. The fourth-order valence-corrected chi connectivity index (χ4v) is 2.46. The number of hydrogen-bond acceptors (Lipinski definition) is 3. The molecule has 0 amide bonds. The van der Waals surface area contributed by atoms with E-state index in [4.69, 9.17) is 16.3 Å². The summed E-state index contributed by atoms with van der Waals surface area (Å²) >= 11 is 6.15. The maximum absolute atomic E-state index is 6.15. The lowest BCUT2D eigenvalue weighted by Crippen LogP contribution is -2.40. The van der Waals surface area contributed by atoms with Crippen LogP contribution in [0.4, 0.5) is 0 Å². The van der Waals surface area contributed by atoms with Gasteiger partial charge in [0, 0.05) is 42.0 Å². The molecule has 1 fully saturated rings. The van der Waals surface area contributed by atoms with Crippen LogP contribution in [-0.4, -0.2) is 29.8 Å². The van der Waals surface area contributed by atoms with Crippen molar-refractivity contribution in [1.29, 1.82) is 0 Å². The van der Waals surface area contributed by atoms with E-state index >= 15 is 0 Å². The van der Waals surface area contributed by atoms with Crippen LogP contribution in [0.15, 0.2) is 24.7 Å². The molecule has 0 aliphatic carbocycles. The maximum atomic E-state index is 6.15. The number of halogens is 1. The summed E-state index contributed by atoms with van der Waals surface area (Å²) in [6.45, 7) is 3.99. The third kappa shape index (κ3) is 2.11. The van der Waals surface area contributed by atoms with E-state index in [1.165, 1.54) is 5.69 Å². The van der Waals surface area contributed by atoms with Gasteiger partial charge in [-0.3, -0.25) is 4.57 Å². The van der Waals surface area contributed by atoms with Crippen LogP contribution in [0.1, 0.15) is 17.2 Å². The van der Waals surface area contributed by atoms with Crippen molar-refractivity contribution in [2.45, 2.75) is 12.8 Å². The van der Waals surface area contributed by atoms with Gasteiger partial charge in [0.25, 0.3) is 0 Å². The molecule has 19 heavy (non-hydrogen) atoms. The largest absolute Gasteiger partial charge is 0.495 e. The van der Waals surface area contributed by atoms with Gasteiger partial charge in [0.1, 0.15) is 5.75 Å². The predicted octanol–water partition coefficient (Wildman–Crippen LogP) is 2.53. The summed E-state index contributed by atoms with van der Waals surface area (Å²) in [6, 6.07) is 3.90. The number of hydrogen-bond donors (Lipinski definition) is 1. The van der Waals surface area contributed by atoms with Gasteiger partial charge in [0.15, 0.2) is 0 Å². The van der Waals surface area contributed by atoms with Gasteiger partial charge < -0.3 is 10.1 Å². The zero-order valence-corrected chi connectivity index (χ0v) is 11.7. The monoisotopic (exact) mass is 277 g/mol. The van der Waals surface area contributed by atoms with Crippen molar-refractivity contribution in [2.24, 2.45) is 0 Å². The summed E-state index contributed by atoms with van der Waals surface area (Å²) in [5.74, 6) is 1.28. The lowest BCUT2D eigenvalue weighted by Gasteiger charge is -2.28. The SMILES string of the molecule is COc1cc(Cl)c(C)cc1-n1cncc1C1CNC1. The quantitative estimate of drug-likeness (QED) is 0.937. The summed E-state index contributed by atoms with van der Waals surface area (Å²) in [5.41, 5.74) is 3.23. The van der Waals surface area contributed by atoms with Gasteiger partial charge in [0.05, 0.1) is 19.1 Å². The van der Waals surface area contributed by atoms with E-state index < -0.39 is 0 Å². The number of imidazole rings is 1. The van der Waals surface area contributed by atoms with E-state index in [9.17, 15) is 0 Å². The van der Waals surface area contributed by atoms with Gasteiger partial charge in [-0.1, -0.05) is 11.6 Å². The summed E-state index contributed by atoms with van der Waals surface area (Å²) in [6.07, 6.45) is 3.76. The number of ether oxygens (including phenoxy) is 1. The Labute approximate surface area is 117 Å². The van der Waals surface area contributed by atoms with E-state index in [1.807, 2.05) is 31.6 Å². The molecule has 4 nitrogen and oxygen atoms in total. The predicted molar refractivity (Wildman–Crippen MR) is 75.5 cm³/mol. The zero-order chi connectivity index (χ0) is 13.4. The van der Waals surface area contributed by atoms with E-state index in [2.05, 4.69) is 14.9 Å². The third-order valence-electron chi connectivity index (χ3n) is 3.59. The van der Waals surface area contributed by atoms with Crippen LogP contribution in [0.2, 0.25) is 5.02 Å². The van der Waals surface area contributed by atoms with E-state index in [1.54, 1.807) is 7.11 Å². The van der Waals surface area contributed by atoms with Crippen molar-refractivity contribution in [3.8, 4) is 11.4 Å². The third-order valence-corrected chi connectivity index (χ3v) is 3.99. The molecule has 100 valence electrons. The van der Waals surface area contributed by atoms with E-state index in [0.29, 0.717) is 10.9 Å². The van der Waals surface area contributed by atoms with Gasteiger partial charge in [-0.05, 0) is 18.6 Å². The van der Waals surface area contributed by atoms with E-state index in [0.717, 1.165) is 30.1 Å². The second-order valence-corrected chi connectivity index (χ2v) is 5.22. The Balaban J connectivity index is 2.11. The van der Waals surface area contributed by atoms with Crippen molar-refractivity contribution >= 4 is 11.6 Å². The molecule has 1 saturated heterocycles. The molecule has 1 aromatic heterocycles. The molecule has 0 atom stereocenters. The average molecular weight is 278 g/mol. The highest BCUT2D eigenvalue weighted by molar-refractivity contribution is 6.31. The van der Waals surface area contributed by atoms with Crippen molar-refractivity contribution in [2.75, 3.05) is 20.2 Å². The number of rotatable bonds is 3. The fraction of sp³-hybridized carbons (Fsp3) is 0.357. The first-order chi connectivity index (χ1) is 9.20. The molecule has 1 aromatic carbocycles. The highest BCUT2D eigenvalue weighted by Crippen LogP contribution is 2.32. The molecule has 0 spiro atoms. The number of nitrogens with one attached hydrogen (secondary N) is 1. The molecule has 1 aliphatic rings. The first kappa shape index (κ1) is 12.5. The van der Waals surface area contributed by atoms with Gasteiger partial charge in [-0.25, -0.2) is 4.98 Å². The van der Waals surface area contributed by atoms with Crippen molar-refractivity contribution in [3.05, 3.63) is 40.9 Å². The second kappa shape index (κ2) is 4.87.